The first-order chi connectivity index (χ1) is 16.1. The van der Waals surface area contributed by atoms with Crippen LogP contribution in [0.25, 0.3) is 0 Å². The summed E-state index contributed by atoms with van der Waals surface area (Å²) in [7, 11) is 3.35. The molecule has 0 saturated heterocycles. The Balaban J connectivity index is 1.25. The van der Waals surface area contributed by atoms with Crippen LogP contribution in [0.2, 0.25) is 0 Å². The summed E-state index contributed by atoms with van der Waals surface area (Å²) >= 11 is 0. The predicted molar refractivity (Wildman–Crippen MR) is 129 cm³/mol. The lowest BCUT2D eigenvalue weighted by Crippen LogP contribution is -2.32. The van der Waals surface area contributed by atoms with Crippen molar-refractivity contribution in [2.45, 2.75) is 19.4 Å². The van der Waals surface area contributed by atoms with Gasteiger partial charge in [-0.3, -0.25) is 9.69 Å². The van der Waals surface area contributed by atoms with Crippen LogP contribution in [0.3, 0.4) is 0 Å². The van der Waals surface area contributed by atoms with Gasteiger partial charge >= 0.3 is 0 Å². The quantitative estimate of drug-likeness (QED) is 0.530. The number of fused-ring (bicyclic) bond motifs is 1. The van der Waals surface area contributed by atoms with E-state index in [1.165, 1.54) is 16.7 Å². The molecule has 0 fully saturated rings. The molecule has 0 spiro atoms. The first-order valence-electron chi connectivity index (χ1n) is 11.2. The van der Waals surface area contributed by atoms with Gasteiger partial charge in [0.2, 0.25) is 0 Å². The van der Waals surface area contributed by atoms with E-state index in [1.807, 2.05) is 42.5 Å². The van der Waals surface area contributed by atoms with Crippen LogP contribution in [0.4, 0.5) is 5.69 Å². The lowest BCUT2D eigenvalue weighted by molar-refractivity contribution is -0.118. The van der Waals surface area contributed by atoms with Crippen molar-refractivity contribution in [3.63, 3.8) is 0 Å². The van der Waals surface area contributed by atoms with Crippen molar-refractivity contribution in [2.75, 3.05) is 39.2 Å². The molecule has 0 atom stereocenters. The van der Waals surface area contributed by atoms with Gasteiger partial charge in [0.15, 0.2) is 18.1 Å². The number of carbonyl (C=O) groups excluding carboxylic acids is 1. The third-order valence-corrected chi connectivity index (χ3v) is 5.86. The lowest BCUT2D eigenvalue weighted by atomic mass is 9.98. The highest BCUT2D eigenvalue weighted by Gasteiger charge is 2.19. The number of hydrogen-bond donors (Lipinski definition) is 1. The number of rotatable bonds is 9. The van der Waals surface area contributed by atoms with E-state index in [0.717, 1.165) is 49.7 Å². The van der Waals surface area contributed by atoms with Crippen molar-refractivity contribution in [1.82, 2.24) is 4.90 Å². The zero-order chi connectivity index (χ0) is 23.0. The highest BCUT2D eigenvalue weighted by molar-refractivity contribution is 5.91. The van der Waals surface area contributed by atoms with Crippen molar-refractivity contribution in [1.29, 1.82) is 0 Å². The molecule has 3 aromatic rings. The van der Waals surface area contributed by atoms with Gasteiger partial charge in [-0.2, -0.15) is 0 Å². The van der Waals surface area contributed by atoms with Gasteiger partial charge < -0.3 is 19.5 Å². The number of nitrogens with zero attached hydrogens (tertiary/aromatic N) is 1. The maximum atomic E-state index is 12.1. The summed E-state index contributed by atoms with van der Waals surface area (Å²) in [6, 6.07) is 21.5. The summed E-state index contributed by atoms with van der Waals surface area (Å²) in [5.41, 5.74) is 4.65. The molecule has 0 saturated carbocycles. The number of anilines is 1. The average molecular weight is 447 g/mol. The molecule has 1 aliphatic heterocycles. The third-order valence-electron chi connectivity index (χ3n) is 5.86. The zero-order valence-corrected chi connectivity index (χ0v) is 19.2. The molecule has 1 amide bonds. The monoisotopic (exact) mass is 446 g/mol. The molecule has 1 heterocycles. The van der Waals surface area contributed by atoms with E-state index >= 15 is 0 Å². The summed E-state index contributed by atoms with van der Waals surface area (Å²) < 4.78 is 16.4. The fourth-order valence-corrected chi connectivity index (χ4v) is 4.04. The van der Waals surface area contributed by atoms with Gasteiger partial charge in [-0.15, -0.1) is 0 Å². The minimum absolute atomic E-state index is 0.0150. The molecular weight excluding hydrogens is 416 g/mol. The number of amides is 1. The molecular formula is C27H30N2O4. The molecule has 6 nitrogen and oxygen atoms in total. The Kier molecular flexibility index (Phi) is 7.47. The van der Waals surface area contributed by atoms with Gasteiger partial charge in [0.1, 0.15) is 5.75 Å². The van der Waals surface area contributed by atoms with Crippen molar-refractivity contribution in [3.8, 4) is 17.2 Å². The van der Waals surface area contributed by atoms with Gasteiger partial charge in [0.25, 0.3) is 5.91 Å². The Labute approximate surface area is 195 Å². The maximum absolute atomic E-state index is 12.1. The van der Waals surface area contributed by atoms with Crippen LogP contribution in [-0.2, 0) is 24.2 Å². The third kappa shape index (κ3) is 6.05. The zero-order valence-electron chi connectivity index (χ0n) is 19.2. The van der Waals surface area contributed by atoms with Crippen LogP contribution in [-0.4, -0.2) is 44.7 Å². The Morgan fingerprint density at radius 2 is 1.64 bits per heavy atom. The molecule has 0 aliphatic carbocycles. The second kappa shape index (κ2) is 10.9. The van der Waals surface area contributed by atoms with E-state index in [4.69, 9.17) is 14.2 Å². The summed E-state index contributed by atoms with van der Waals surface area (Å²) in [4.78, 5) is 14.6. The highest BCUT2D eigenvalue weighted by Crippen LogP contribution is 2.33. The van der Waals surface area contributed by atoms with Crippen molar-refractivity contribution >= 4 is 11.6 Å². The van der Waals surface area contributed by atoms with E-state index in [1.54, 1.807) is 14.2 Å². The minimum Gasteiger partial charge on any atom is -0.493 e. The highest BCUT2D eigenvalue weighted by atomic mass is 16.5. The fraction of sp³-hybridized carbons (Fsp3) is 0.296. The van der Waals surface area contributed by atoms with Gasteiger partial charge in [0.05, 0.1) is 14.2 Å². The smallest absolute Gasteiger partial charge is 0.262 e. The fourth-order valence-electron chi connectivity index (χ4n) is 4.04. The first-order valence-corrected chi connectivity index (χ1v) is 11.2. The van der Waals surface area contributed by atoms with Gasteiger partial charge in [-0.05, 0) is 65.9 Å². The molecule has 3 aromatic carbocycles. The molecule has 172 valence electrons. The largest absolute Gasteiger partial charge is 0.493 e. The standard InChI is InChI=1S/C27H30N2O4/c1-31-25-16-21-13-15-29(18-22(21)17-26(25)32-2)14-12-20-8-10-23(11-9-20)28-27(30)19-33-24-6-4-3-5-7-24/h3-11,16-17H,12-15,18-19H2,1-2H3,(H,28,30). The number of nitrogens with one attached hydrogen (secondary N) is 1. The topological polar surface area (TPSA) is 60.0 Å². The van der Waals surface area contributed by atoms with Crippen LogP contribution in [0.5, 0.6) is 17.2 Å². The van der Waals surface area contributed by atoms with Crippen LogP contribution < -0.4 is 19.5 Å². The van der Waals surface area contributed by atoms with Crippen molar-refractivity contribution in [3.05, 3.63) is 83.4 Å². The van der Waals surface area contributed by atoms with Crippen molar-refractivity contribution in [2.24, 2.45) is 0 Å². The molecule has 6 heteroatoms. The van der Waals surface area contributed by atoms with Crippen LogP contribution in [0.1, 0.15) is 16.7 Å². The molecule has 33 heavy (non-hydrogen) atoms. The average Bonchev–Trinajstić information content (AvgIpc) is 2.86. The SMILES string of the molecule is COc1cc2c(cc1OC)CN(CCc1ccc(NC(=O)COc3ccccc3)cc1)CC2. The van der Waals surface area contributed by atoms with E-state index in [9.17, 15) is 4.79 Å². The normalized spacial score (nSPS) is 13.2. The lowest BCUT2D eigenvalue weighted by Gasteiger charge is -2.29. The Morgan fingerprint density at radius 3 is 2.33 bits per heavy atom. The predicted octanol–water partition coefficient (Wildman–Crippen LogP) is 4.32. The molecule has 0 radical (unpaired) electrons. The number of para-hydroxylation sites is 1. The Morgan fingerprint density at radius 1 is 0.939 bits per heavy atom. The first kappa shape index (κ1) is 22.7. The summed E-state index contributed by atoms with van der Waals surface area (Å²) in [6.07, 6.45) is 1.96. The molecule has 4 rings (SSSR count). The number of hydrogen-bond acceptors (Lipinski definition) is 5. The van der Waals surface area contributed by atoms with Crippen molar-refractivity contribution < 1.29 is 19.0 Å². The van der Waals surface area contributed by atoms with E-state index < -0.39 is 0 Å². The van der Waals surface area contributed by atoms with Crippen LogP contribution in [0.15, 0.2) is 66.7 Å². The Hall–Kier alpha value is -3.51. The summed E-state index contributed by atoms with van der Waals surface area (Å²) in [5, 5.41) is 2.88. The molecule has 0 aromatic heterocycles. The number of benzene rings is 3. The second-order valence-electron chi connectivity index (χ2n) is 8.10. The number of ether oxygens (including phenoxy) is 3. The second-order valence-corrected chi connectivity index (χ2v) is 8.10. The van der Waals surface area contributed by atoms with Gasteiger partial charge in [-0.25, -0.2) is 0 Å². The molecule has 0 unspecified atom stereocenters. The Bertz CT molecular complexity index is 1070. The minimum atomic E-state index is -0.175. The van der Waals surface area contributed by atoms with Gasteiger partial charge in [0, 0.05) is 25.3 Å². The summed E-state index contributed by atoms with van der Waals surface area (Å²) in [6.45, 7) is 2.90. The summed E-state index contributed by atoms with van der Waals surface area (Å²) in [5.74, 6) is 2.08. The van der Waals surface area contributed by atoms with E-state index in [0.29, 0.717) is 5.75 Å². The molecule has 1 aliphatic rings. The van der Waals surface area contributed by atoms with Gasteiger partial charge in [-0.1, -0.05) is 30.3 Å². The van der Waals surface area contributed by atoms with Crippen LogP contribution in [0, 0.1) is 0 Å². The van der Waals surface area contributed by atoms with E-state index in [2.05, 4.69) is 34.5 Å². The molecule has 1 N–H and O–H groups in total. The number of carbonyl (C=O) groups is 1. The number of methoxy groups -OCH3 is 2. The van der Waals surface area contributed by atoms with Crippen LogP contribution >= 0.6 is 0 Å². The molecule has 0 bridgehead atoms. The van der Waals surface area contributed by atoms with E-state index in [-0.39, 0.29) is 12.5 Å². The maximum Gasteiger partial charge on any atom is 0.262 e.